The molecule has 2 rings (SSSR count). The maximum atomic E-state index is 12.2. The van der Waals surface area contributed by atoms with E-state index in [9.17, 15) is 9.59 Å². The van der Waals surface area contributed by atoms with Crippen molar-refractivity contribution in [3.63, 3.8) is 0 Å². The smallest absolute Gasteiger partial charge is 0.253 e. The average molecular weight is 261 g/mol. The highest BCUT2D eigenvalue weighted by molar-refractivity contribution is 5.94. The second-order valence-corrected chi connectivity index (χ2v) is 4.70. The number of carbonyl (C=O) groups excluding carboxylic acids is 2. The van der Waals surface area contributed by atoms with E-state index in [1.54, 1.807) is 24.5 Å². The van der Waals surface area contributed by atoms with Gasteiger partial charge < -0.3 is 10.2 Å². The van der Waals surface area contributed by atoms with E-state index < -0.39 is 0 Å². The summed E-state index contributed by atoms with van der Waals surface area (Å²) in [4.78, 5) is 29.6. The Bertz CT molecular complexity index is 439. The van der Waals surface area contributed by atoms with E-state index in [4.69, 9.17) is 0 Å². The Kier molecular flexibility index (Phi) is 4.49. The van der Waals surface area contributed by atoms with E-state index in [1.165, 1.54) is 0 Å². The molecular formula is C14H19N3O2. The van der Waals surface area contributed by atoms with Crippen LogP contribution in [-0.2, 0) is 4.79 Å². The zero-order valence-electron chi connectivity index (χ0n) is 11.1. The molecule has 5 heteroatoms. The molecule has 1 aliphatic heterocycles. The molecule has 2 amide bonds. The van der Waals surface area contributed by atoms with Gasteiger partial charge in [-0.1, -0.05) is 0 Å². The van der Waals surface area contributed by atoms with Gasteiger partial charge in [0.25, 0.3) is 5.91 Å². The maximum Gasteiger partial charge on any atom is 0.253 e. The largest absolute Gasteiger partial charge is 0.356 e. The minimum absolute atomic E-state index is 0.0248. The van der Waals surface area contributed by atoms with Gasteiger partial charge >= 0.3 is 0 Å². The summed E-state index contributed by atoms with van der Waals surface area (Å²) in [6.45, 7) is 3.86. The summed E-state index contributed by atoms with van der Waals surface area (Å²) in [6, 6.07) is 3.44. The van der Waals surface area contributed by atoms with E-state index in [2.05, 4.69) is 10.3 Å². The van der Waals surface area contributed by atoms with Crippen LogP contribution >= 0.6 is 0 Å². The lowest BCUT2D eigenvalue weighted by atomic mass is 9.95. The van der Waals surface area contributed by atoms with E-state index in [1.807, 2.05) is 11.8 Å². The molecule has 0 unspecified atom stereocenters. The number of carbonyl (C=O) groups is 2. The first-order valence-electron chi connectivity index (χ1n) is 6.69. The predicted octanol–water partition coefficient (Wildman–Crippen LogP) is 1.07. The normalized spacial score (nSPS) is 16.2. The standard InChI is InChI=1S/C14H19N3O2/c1-2-16-13(18)11-5-9-17(10-6-11)14(19)12-3-7-15-8-4-12/h3-4,7-8,11H,2,5-6,9-10H2,1H3,(H,16,18). The average Bonchev–Trinajstić information content (AvgIpc) is 2.48. The highest BCUT2D eigenvalue weighted by atomic mass is 16.2. The molecule has 102 valence electrons. The van der Waals surface area contributed by atoms with Crippen LogP contribution in [0.25, 0.3) is 0 Å². The molecule has 1 aliphatic rings. The number of piperidine rings is 1. The third kappa shape index (κ3) is 3.30. The molecular weight excluding hydrogens is 242 g/mol. The van der Waals surface area contributed by atoms with Crippen LogP contribution in [0, 0.1) is 5.92 Å². The Morgan fingerprint density at radius 2 is 1.95 bits per heavy atom. The van der Waals surface area contributed by atoms with Gasteiger partial charge in [0, 0.05) is 43.5 Å². The lowest BCUT2D eigenvalue weighted by Gasteiger charge is -2.31. The van der Waals surface area contributed by atoms with Gasteiger partial charge in [-0.15, -0.1) is 0 Å². The first-order chi connectivity index (χ1) is 9.22. The van der Waals surface area contributed by atoms with Crippen LogP contribution in [0.3, 0.4) is 0 Å². The fourth-order valence-electron chi connectivity index (χ4n) is 2.34. The molecule has 1 aromatic heterocycles. The Labute approximate surface area is 113 Å². The summed E-state index contributed by atoms with van der Waals surface area (Å²) in [5.74, 6) is 0.177. The number of hydrogen-bond donors (Lipinski definition) is 1. The molecule has 0 radical (unpaired) electrons. The van der Waals surface area contributed by atoms with E-state index in [-0.39, 0.29) is 17.7 Å². The van der Waals surface area contributed by atoms with E-state index >= 15 is 0 Å². The minimum Gasteiger partial charge on any atom is -0.356 e. The molecule has 5 nitrogen and oxygen atoms in total. The van der Waals surface area contributed by atoms with Crippen LogP contribution in [0.4, 0.5) is 0 Å². The van der Waals surface area contributed by atoms with Gasteiger partial charge in [-0.05, 0) is 31.9 Å². The second kappa shape index (κ2) is 6.31. The summed E-state index contributed by atoms with van der Waals surface area (Å²) in [5, 5.41) is 2.84. The van der Waals surface area contributed by atoms with Crippen molar-refractivity contribution in [1.82, 2.24) is 15.2 Å². The van der Waals surface area contributed by atoms with Gasteiger partial charge in [0.05, 0.1) is 0 Å². The monoisotopic (exact) mass is 261 g/mol. The number of hydrogen-bond acceptors (Lipinski definition) is 3. The zero-order valence-corrected chi connectivity index (χ0v) is 11.1. The molecule has 19 heavy (non-hydrogen) atoms. The van der Waals surface area contributed by atoms with E-state index in [0.717, 1.165) is 12.8 Å². The van der Waals surface area contributed by atoms with Crippen LogP contribution in [0.1, 0.15) is 30.1 Å². The van der Waals surface area contributed by atoms with Crippen molar-refractivity contribution >= 4 is 11.8 Å². The predicted molar refractivity (Wildman–Crippen MR) is 71.5 cm³/mol. The number of pyridine rings is 1. The summed E-state index contributed by atoms with van der Waals surface area (Å²) in [7, 11) is 0. The molecule has 2 heterocycles. The van der Waals surface area contributed by atoms with Gasteiger partial charge in [0.2, 0.25) is 5.91 Å². The van der Waals surface area contributed by atoms with Crippen molar-refractivity contribution in [3.05, 3.63) is 30.1 Å². The van der Waals surface area contributed by atoms with Crippen LogP contribution in [-0.4, -0.2) is 41.3 Å². The highest BCUT2D eigenvalue weighted by Gasteiger charge is 2.27. The number of amides is 2. The number of nitrogens with one attached hydrogen (secondary N) is 1. The Hall–Kier alpha value is -1.91. The molecule has 1 saturated heterocycles. The first-order valence-corrected chi connectivity index (χ1v) is 6.69. The summed E-state index contributed by atoms with van der Waals surface area (Å²) >= 11 is 0. The van der Waals surface area contributed by atoms with E-state index in [0.29, 0.717) is 25.2 Å². The minimum atomic E-state index is 0.0248. The molecule has 0 atom stereocenters. The molecule has 1 fully saturated rings. The molecule has 0 aromatic carbocycles. The Balaban J connectivity index is 1.90. The van der Waals surface area contributed by atoms with Gasteiger partial charge in [0.1, 0.15) is 0 Å². The molecule has 0 spiro atoms. The lowest BCUT2D eigenvalue weighted by Crippen LogP contribution is -2.43. The third-order valence-electron chi connectivity index (χ3n) is 3.43. The molecule has 1 N–H and O–H groups in total. The molecule has 1 aromatic rings. The first kappa shape index (κ1) is 13.5. The van der Waals surface area contributed by atoms with Gasteiger partial charge in [-0.25, -0.2) is 0 Å². The SMILES string of the molecule is CCNC(=O)C1CCN(C(=O)c2ccncc2)CC1. The van der Waals surface area contributed by atoms with Crippen molar-refractivity contribution in [2.24, 2.45) is 5.92 Å². The number of nitrogens with zero attached hydrogens (tertiary/aromatic N) is 2. The molecule has 0 saturated carbocycles. The fourth-order valence-corrected chi connectivity index (χ4v) is 2.34. The topological polar surface area (TPSA) is 62.3 Å². The number of likely N-dealkylation sites (tertiary alicyclic amines) is 1. The molecule has 0 aliphatic carbocycles. The van der Waals surface area contributed by atoms with Crippen molar-refractivity contribution in [2.45, 2.75) is 19.8 Å². The highest BCUT2D eigenvalue weighted by Crippen LogP contribution is 2.19. The Morgan fingerprint density at radius 3 is 2.53 bits per heavy atom. The summed E-state index contributed by atoms with van der Waals surface area (Å²) in [6.07, 6.45) is 4.72. The van der Waals surface area contributed by atoms with Gasteiger partial charge in [0.15, 0.2) is 0 Å². The van der Waals surface area contributed by atoms with Crippen molar-refractivity contribution < 1.29 is 9.59 Å². The second-order valence-electron chi connectivity index (χ2n) is 4.70. The number of rotatable bonds is 3. The van der Waals surface area contributed by atoms with Crippen LogP contribution < -0.4 is 5.32 Å². The van der Waals surface area contributed by atoms with Crippen LogP contribution in [0.2, 0.25) is 0 Å². The fraction of sp³-hybridized carbons (Fsp3) is 0.500. The van der Waals surface area contributed by atoms with Crippen molar-refractivity contribution in [2.75, 3.05) is 19.6 Å². The Morgan fingerprint density at radius 1 is 1.32 bits per heavy atom. The quantitative estimate of drug-likeness (QED) is 0.885. The van der Waals surface area contributed by atoms with Crippen molar-refractivity contribution in [3.8, 4) is 0 Å². The molecule has 0 bridgehead atoms. The zero-order chi connectivity index (χ0) is 13.7. The van der Waals surface area contributed by atoms with Crippen LogP contribution in [0.5, 0.6) is 0 Å². The van der Waals surface area contributed by atoms with Crippen LogP contribution in [0.15, 0.2) is 24.5 Å². The third-order valence-corrected chi connectivity index (χ3v) is 3.43. The van der Waals surface area contributed by atoms with Gasteiger partial charge in [-0.3, -0.25) is 14.6 Å². The van der Waals surface area contributed by atoms with Crippen molar-refractivity contribution in [1.29, 1.82) is 0 Å². The lowest BCUT2D eigenvalue weighted by molar-refractivity contribution is -0.126. The summed E-state index contributed by atoms with van der Waals surface area (Å²) in [5.41, 5.74) is 0.659. The van der Waals surface area contributed by atoms with Gasteiger partial charge in [-0.2, -0.15) is 0 Å². The summed E-state index contributed by atoms with van der Waals surface area (Å²) < 4.78 is 0. The number of aromatic nitrogens is 1. The maximum absolute atomic E-state index is 12.2.